The predicted octanol–water partition coefficient (Wildman–Crippen LogP) is 3.93. The molecule has 1 aromatic carbocycles. The molecule has 5 heteroatoms. The Bertz CT molecular complexity index is 357. The van der Waals surface area contributed by atoms with E-state index in [-0.39, 0.29) is 5.69 Å². The molecule has 0 spiro atoms. The van der Waals surface area contributed by atoms with Gasteiger partial charge < -0.3 is 4.74 Å². The molecule has 17 heavy (non-hydrogen) atoms. The molecule has 0 amide bonds. The lowest BCUT2D eigenvalue weighted by Crippen LogP contribution is -2.00. The molecule has 0 aromatic heterocycles. The molecule has 0 fully saturated rings. The maximum atomic E-state index is 10.7. The van der Waals surface area contributed by atoms with E-state index in [0.717, 1.165) is 31.0 Å². The zero-order valence-electron chi connectivity index (χ0n) is 9.60. The van der Waals surface area contributed by atoms with Gasteiger partial charge in [0.05, 0.1) is 11.5 Å². The number of hydrogen-bond acceptors (Lipinski definition) is 3. The summed E-state index contributed by atoms with van der Waals surface area (Å²) in [6.45, 7) is 0.535. The maximum Gasteiger partial charge on any atom is 0.310 e. The van der Waals surface area contributed by atoms with Crippen molar-refractivity contribution in [3.8, 4) is 5.75 Å². The first-order valence-corrected chi connectivity index (χ1v) is 6.80. The fourth-order valence-electron chi connectivity index (χ4n) is 1.46. The Morgan fingerprint density at radius 3 is 2.59 bits per heavy atom. The van der Waals surface area contributed by atoms with Gasteiger partial charge in [-0.15, -0.1) is 0 Å². The van der Waals surface area contributed by atoms with Gasteiger partial charge >= 0.3 is 5.69 Å². The SMILES string of the molecule is O=[N+]([O-])c1ccccc1OCCCCCCBr. The summed E-state index contributed by atoms with van der Waals surface area (Å²) in [7, 11) is 0. The quantitative estimate of drug-likeness (QED) is 0.316. The number of unbranched alkanes of at least 4 members (excludes halogenated alkanes) is 3. The third kappa shape index (κ3) is 5.17. The molecule has 0 aliphatic heterocycles. The van der Waals surface area contributed by atoms with Crippen molar-refractivity contribution in [3.63, 3.8) is 0 Å². The molecule has 0 bridgehead atoms. The van der Waals surface area contributed by atoms with Crippen molar-refractivity contribution in [3.05, 3.63) is 34.4 Å². The lowest BCUT2D eigenvalue weighted by atomic mass is 10.2. The van der Waals surface area contributed by atoms with Crippen LogP contribution in [0.25, 0.3) is 0 Å². The second-order valence-corrected chi connectivity index (χ2v) is 4.47. The van der Waals surface area contributed by atoms with Gasteiger partial charge in [0.25, 0.3) is 0 Å². The number of para-hydroxylation sites is 2. The number of nitro benzene ring substituents is 1. The molecule has 0 unspecified atom stereocenters. The van der Waals surface area contributed by atoms with Crippen LogP contribution < -0.4 is 4.74 Å². The fraction of sp³-hybridized carbons (Fsp3) is 0.500. The number of alkyl halides is 1. The van der Waals surface area contributed by atoms with Gasteiger partial charge in [-0.3, -0.25) is 10.1 Å². The average Bonchev–Trinajstić information content (AvgIpc) is 2.34. The lowest BCUT2D eigenvalue weighted by Gasteiger charge is -2.06. The average molecular weight is 302 g/mol. The van der Waals surface area contributed by atoms with Crippen molar-refractivity contribution < 1.29 is 9.66 Å². The van der Waals surface area contributed by atoms with Crippen LogP contribution in [0.4, 0.5) is 5.69 Å². The molecule has 1 aromatic rings. The Kier molecular flexibility index (Phi) is 6.62. The Hall–Kier alpha value is -1.10. The summed E-state index contributed by atoms with van der Waals surface area (Å²) >= 11 is 3.37. The van der Waals surface area contributed by atoms with E-state index in [4.69, 9.17) is 4.74 Å². The van der Waals surface area contributed by atoms with E-state index in [1.807, 2.05) is 0 Å². The van der Waals surface area contributed by atoms with Crippen LogP contribution in [-0.4, -0.2) is 16.9 Å². The standard InChI is InChI=1S/C12H16BrNO3/c13-9-5-1-2-6-10-17-12-8-4-3-7-11(12)14(15)16/h3-4,7-8H,1-2,5-6,9-10H2. The van der Waals surface area contributed by atoms with Crippen LogP contribution >= 0.6 is 15.9 Å². The van der Waals surface area contributed by atoms with Gasteiger partial charge in [0.2, 0.25) is 0 Å². The van der Waals surface area contributed by atoms with Crippen molar-refractivity contribution in [1.29, 1.82) is 0 Å². The van der Waals surface area contributed by atoms with Crippen LogP contribution in [0.3, 0.4) is 0 Å². The van der Waals surface area contributed by atoms with Crippen molar-refractivity contribution >= 4 is 21.6 Å². The van der Waals surface area contributed by atoms with Crippen molar-refractivity contribution in [2.24, 2.45) is 0 Å². The van der Waals surface area contributed by atoms with Crippen LogP contribution in [0.1, 0.15) is 25.7 Å². The van der Waals surface area contributed by atoms with E-state index in [1.54, 1.807) is 18.2 Å². The Labute approximate surface area is 109 Å². The third-order valence-electron chi connectivity index (χ3n) is 2.35. The molecule has 0 radical (unpaired) electrons. The third-order valence-corrected chi connectivity index (χ3v) is 2.91. The smallest absolute Gasteiger partial charge is 0.310 e. The summed E-state index contributed by atoms with van der Waals surface area (Å²) in [5.41, 5.74) is 0.0351. The molecular formula is C12H16BrNO3. The minimum Gasteiger partial charge on any atom is -0.487 e. The molecule has 0 aliphatic carbocycles. The summed E-state index contributed by atoms with van der Waals surface area (Å²) in [6, 6.07) is 6.48. The number of ether oxygens (including phenoxy) is 1. The minimum absolute atomic E-state index is 0.0351. The Morgan fingerprint density at radius 1 is 1.18 bits per heavy atom. The van der Waals surface area contributed by atoms with Crippen molar-refractivity contribution in [1.82, 2.24) is 0 Å². The summed E-state index contributed by atoms with van der Waals surface area (Å²) in [6.07, 6.45) is 4.34. The fourth-order valence-corrected chi connectivity index (χ4v) is 1.86. The van der Waals surface area contributed by atoms with Gasteiger partial charge in [-0.25, -0.2) is 0 Å². The molecule has 1 rings (SSSR count). The first kappa shape index (κ1) is 14.0. The van der Waals surface area contributed by atoms with Gasteiger partial charge in [0, 0.05) is 11.4 Å². The summed E-state index contributed by atoms with van der Waals surface area (Å²) in [5.74, 6) is 0.359. The topological polar surface area (TPSA) is 52.4 Å². The molecule has 0 atom stereocenters. The number of benzene rings is 1. The summed E-state index contributed by atoms with van der Waals surface area (Å²) in [4.78, 5) is 10.3. The molecule has 4 nitrogen and oxygen atoms in total. The van der Waals surface area contributed by atoms with Crippen LogP contribution in [0.2, 0.25) is 0 Å². The second kappa shape index (κ2) is 8.06. The highest BCUT2D eigenvalue weighted by Gasteiger charge is 2.12. The van der Waals surface area contributed by atoms with Gasteiger partial charge in [-0.1, -0.05) is 40.9 Å². The van der Waals surface area contributed by atoms with E-state index >= 15 is 0 Å². The van der Waals surface area contributed by atoms with E-state index in [9.17, 15) is 10.1 Å². The number of nitro groups is 1. The Morgan fingerprint density at radius 2 is 1.88 bits per heavy atom. The van der Waals surface area contributed by atoms with Crippen LogP contribution in [0.15, 0.2) is 24.3 Å². The van der Waals surface area contributed by atoms with E-state index < -0.39 is 4.92 Å². The summed E-state index contributed by atoms with van der Waals surface area (Å²) < 4.78 is 5.43. The Balaban J connectivity index is 2.34. The number of halogens is 1. The molecular weight excluding hydrogens is 286 g/mol. The lowest BCUT2D eigenvalue weighted by molar-refractivity contribution is -0.385. The monoisotopic (exact) mass is 301 g/mol. The second-order valence-electron chi connectivity index (χ2n) is 3.68. The highest BCUT2D eigenvalue weighted by Crippen LogP contribution is 2.25. The number of rotatable bonds is 8. The zero-order chi connectivity index (χ0) is 12.5. The normalized spacial score (nSPS) is 10.2. The van der Waals surface area contributed by atoms with E-state index in [2.05, 4.69) is 15.9 Å². The molecule has 94 valence electrons. The zero-order valence-corrected chi connectivity index (χ0v) is 11.2. The predicted molar refractivity (Wildman–Crippen MR) is 70.9 cm³/mol. The largest absolute Gasteiger partial charge is 0.487 e. The van der Waals surface area contributed by atoms with Gasteiger partial charge in [-0.2, -0.15) is 0 Å². The van der Waals surface area contributed by atoms with Crippen LogP contribution in [0.5, 0.6) is 5.75 Å². The number of nitrogens with zero attached hydrogens (tertiary/aromatic N) is 1. The molecule has 0 saturated heterocycles. The van der Waals surface area contributed by atoms with E-state index in [1.165, 1.54) is 6.07 Å². The number of hydrogen-bond donors (Lipinski definition) is 0. The van der Waals surface area contributed by atoms with Gasteiger partial charge in [0.15, 0.2) is 5.75 Å². The highest BCUT2D eigenvalue weighted by atomic mass is 79.9. The van der Waals surface area contributed by atoms with Crippen LogP contribution in [-0.2, 0) is 0 Å². The van der Waals surface area contributed by atoms with Gasteiger partial charge in [0.1, 0.15) is 0 Å². The molecule has 0 aliphatic rings. The van der Waals surface area contributed by atoms with Crippen molar-refractivity contribution in [2.75, 3.05) is 11.9 Å². The maximum absolute atomic E-state index is 10.7. The summed E-state index contributed by atoms with van der Waals surface area (Å²) in [5, 5.41) is 11.7. The van der Waals surface area contributed by atoms with Crippen molar-refractivity contribution in [2.45, 2.75) is 25.7 Å². The first-order chi connectivity index (χ1) is 8.25. The molecule has 0 saturated carbocycles. The van der Waals surface area contributed by atoms with Gasteiger partial charge in [-0.05, 0) is 18.9 Å². The molecule has 0 heterocycles. The highest BCUT2D eigenvalue weighted by molar-refractivity contribution is 9.09. The molecule has 0 N–H and O–H groups in total. The van der Waals surface area contributed by atoms with E-state index in [0.29, 0.717) is 12.4 Å². The van der Waals surface area contributed by atoms with Crippen LogP contribution in [0, 0.1) is 10.1 Å². The first-order valence-electron chi connectivity index (χ1n) is 5.68. The minimum atomic E-state index is -0.416.